The third kappa shape index (κ3) is 3.11. The second-order valence-electron chi connectivity index (χ2n) is 6.39. The molecule has 1 unspecified atom stereocenters. The van der Waals surface area contributed by atoms with Crippen molar-refractivity contribution in [1.82, 2.24) is 9.55 Å². The number of nitrogens with zero attached hydrogens (tertiary/aromatic N) is 1. The molecule has 1 heterocycles. The molecule has 2 N–H and O–H groups in total. The molecule has 0 saturated heterocycles. The number of hydrogen-bond acceptors (Lipinski definition) is 3. The predicted molar refractivity (Wildman–Crippen MR) is 86.7 cm³/mol. The third-order valence-corrected chi connectivity index (χ3v) is 4.77. The van der Waals surface area contributed by atoms with Crippen molar-refractivity contribution in [3.05, 3.63) is 44.9 Å². The van der Waals surface area contributed by atoms with Crippen LogP contribution in [0.4, 0.5) is 4.39 Å². The average Bonchev–Trinajstić information content (AvgIpc) is 2.55. The molecule has 1 saturated carbocycles. The second-order valence-corrected chi connectivity index (χ2v) is 6.39. The molecule has 0 radical (unpaired) electrons. The minimum atomic E-state index is -1.24. The molecule has 1 fully saturated rings. The fourth-order valence-corrected chi connectivity index (χ4v) is 3.54. The van der Waals surface area contributed by atoms with Crippen molar-refractivity contribution in [3.63, 3.8) is 0 Å². The normalized spacial score (nSPS) is 17.0. The van der Waals surface area contributed by atoms with Crippen LogP contribution in [0, 0.1) is 11.7 Å². The summed E-state index contributed by atoms with van der Waals surface area (Å²) in [5.74, 6) is -1.66. The molecule has 24 heavy (non-hydrogen) atoms. The first-order valence-corrected chi connectivity index (χ1v) is 8.14. The number of carboxylic acids is 1. The SMILES string of the molecule is O=C(O)C(CC1CCCCC1)n1c(=O)[nH]c2ccc(F)cc2c1=O. The predicted octanol–water partition coefficient (Wildman–Crippen LogP) is 2.43. The molecule has 3 rings (SSSR count). The molecule has 0 aliphatic heterocycles. The Morgan fingerprint density at radius 2 is 2.00 bits per heavy atom. The number of carbonyl (C=O) groups is 1. The topological polar surface area (TPSA) is 92.2 Å². The zero-order valence-electron chi connectivity index (χ0n) is 13.1. The Balaban J connectivity index is 2.08. The summed E-state index contributed by atoms with van der Waals surface area (Å²) in [6, 6.07) is 2.22. The fourth-order valence-electron chi connectivity index (χ4n) is 3.54. The first kappa shape index (κ1) is 16.4. The van der Waals surface area contributed by atoms with E-state index in [2.05, 4.69) is 4.98 Å². The van der Waals surface area contributed by atoms with E-state index in [4.69, 9.17) is 0 Å². The van der Waals surface area contributed by atoms with Crippen molar-refractivity contribution < 1.29 is 14.3 Å². The number of benzene rings is 1. The van der Waals surface area contributed by atoms with Crippen molar-refractivity contribution in [2.24, 2.45) is 5.92 Å². The lowest BCUT2D eigenvalue weighted by atomic mass is 9.84. The van der Waals surface area contributed by atoms with Crippen LogP contribution in [0.2, 0.25) is 0 Å². The van der Waals surface area contributed by atoms with Gasteiger partial charge in [0, 0.05) is 0 Å². The average molecular weight is 334 g/mol. The Morgan fingerprint density at radius 1 is 1.29 bits per heavy atom. The maximum atomic E-state index is 13.4. The highest BCUT2D eigenvalue weighted by Gasteiger charge is 2.28. The molecule has 6 nitrogen and oxygen atoms in total. The van der Waals surface area contributed by atoms with E-state index in [1.165, 1.54) is 6.07 Å². The lowest BCUT2D eigenvalue weighted by molar-refractivity contribution is -0.141. The van der Waals surface area contributed by atoms with E-state index in [9.17, 15) is 23.9 Å². The van der Waals surface area contributed by atoms with Gasteiger partial charge in [-0.1, -0.05) is 32.1 Å². The number of fused-ring (bicyclic) bond motifs is 1. The highest BCUT2D eigenvalue weighted by atomic mass is 19.1. The molecule has 1 atom stereocenters. The van der Waals surface area contributed by atoms with Crippen LogP contribution in [-0.2, 0) is 4.79 Å². The quantitative estimate of drug-likeness (QED) is 0.898. The fraction of sp³-hybridized carbons (Fsp3) is 0.471. The van der Waals surface area contributed by atoms with Crippen molar-refractivity contribution in [1.29, 1.82) is 0 Å². The maximum absolute atomic E-state index is 13.4. The van der Waals surface area contributed by atoms with Gasteiger partial charge in [0.2, 0.25) is 0 Å². The van der Waals surface area contributed by atoms with Crippen LogP contribution in [0.3, 0.4) is 0 Å². The monoisotopic (exact) mass is 334 g/mol. The van der Waals surface area contributed by atoms with Crippen LogP contribution < -0.4 is 11.2 Å². The Labute approximate surface area is 136 Å². The zero-order valence-corrected chi connectivity index (χ0v) is 13.1. The molecule has 1 aromatic carbocycles. The number of halogens is 1. The van der Waals surface area contributed by atoms with Crippen LogP contribution in [0.1, 0.15) is 44.6 Å². The summed E-state index contributed by atoms with van der Waals surface area (Å²) in [6.45, 7) is 0. The summed E-state index contributed by atoms with van der Waals surface area (Å²) in [5.41, 5.74) is -1.34. The summed E-state index contributed by atoms with van der Waals surface area (Å²) in [7, 11) is 0. The van der Waals surface area contributed by atoms with Gasteiger partial charge in [-0.3, -0.25) is 4.79 Å². The maximum Gasteiger partial charge on any atom is 0.329 e. The number of rotatable bonds is 4. The summed E-state index contributed by atoms with van der Waals surface area (Å²) in [5, 5.41) is 9.52. The van der Waals surface area contributed by atoms with Crippen molar-refractivity contribution in [2.45, 2.75) is 44.6 Å². The lowest BCUT2D eigenvalue weighted by Gasteiger charge is -2.25. The van der Waals surface area contributed by atoms with Gasteiger partial charge in [0.15, 0.2) is 0 Å². The summed E-state index contributed by atoms with van der Waals surface area (Å²) in [4.78, 5) is 39.0. The van der Waals surface area contributed by atoms with Gasteiger partial charge >= 0.3 is 11.7 Å². The lowest BCUT2D eigenvalue weighted by Crippen LogP contribution is -2.41. The molecule has 1 aliphatic carbocycles. The number of carboxylic acid groups (broad SMARTS) is 1. The van der Waals surface area contributed by atoms with Crippen LogP contribution in [0.15, 0.2) is 27.8 Å². The highest BCUT2D eigenvalue weighted by molar-refractivity contribution is 5.78. The molecule has 1 aromatic heterocycles. The Hall–Kier alpha value is -2.44. The first-order chi connectivity index (χ1) is 11.5. The molecule has 1 aliphatic rings. The third-order valence-electron chi connectivity index (χ3n) is 4.77. The molecule has 0 amide bonds. The molecule has 2 aromatic rings. The summed E-state index contributed by atoms with van der Waals surface area (Å²) >= 11 is 0. The molecular weight excluding hydrogens is 315 g/mol. The van der Waals surface area contributed by atoms with Gasteiger partial charge in [0.1, 0.15) is 11.9 Å². The van der Waals surface area contributed by atoms with Crippen LogP contribution in [-0.4, -0.2) is 20.6 Å². The highest BCUT2D eigenvalue weighted by Crippen LogP contribution is 2.30. The first-order valence-electron chi connectivity index (χ1n) is 8.14. The van der Waals surface area contributed by atoms with Gasteiger partial charge < -0.3 is 10.1 Å². The molecule has 0 bridgehead atoms. The smallest absolute Gasteiger partial charge is 0.329 e. The van der Waals surface area contributed by atoms with Crippen molar-refractivity contribution in [2.75, 3.05) is 0 Å². The van der Waals surface area contributed by atoms with E-state index in [-0.39, 0.29) is 23.2 Å². The number of H-pyrrole nitrogens is 1. The number of hydrogen-bond donors (Lipinski definition) is 2. The minimum Gasteiger partial charge on any atom is -0.480 e. The van der Waals surface area contributed by atoms with Gasteiger partial charge in [-0.15, -0.1) is 0 Å². The molecular formula is C17H19FN2O4. The summed E-state index contributed by atoms with van der Waals surface area (Å²) < 4.78 is 14.1. The van der Waals surface area contributed by atoms with Crippen LogP contribution >= 0.6 is 0 Å². The van der Waals surface area contributed by atoms with Gasteiger partial charge in [0.05, 0.1) is 10.9 Å². The molecule has 0 spiro atoms. The van der Waals surface area contributed by atoms with Gasteiger partial charge in [0.25, 0.3) is 5.56 Å². The molecule has 128 valence electrons. The number of aromatic amines is 1. The summed E-state index contributed by atoms with van der Waals surface area (Å²) in [6.07, 6.45) is 5.23. The minimum absolute atomic E-state index is 0.0236. The van der Waals surface area contributed by atoms with Crippen LogP contribution in [0.25, 0.3) is 10.9 Å². The van der Waals surface area contributed by atoms with E-state index >= 15 is 0 Å². The van der Waals surface area contributed by atoms with E-state index < -0.39 is 29.1 Å². The number of aromatic nitrogens is 2. The second kappa shape index (κ2) is 6.59. The largest absolute Gasteiger partial charge is 0.480 e. The Morgan fingerprint density at radius 3 is 2.67 bits per heavy atom. The van der Waals surface area contributed by atoms with E-state index in [0.717, 1.165) is 48.8 Å². The van der Waals surface area contributed by atoms with E-state index in [1.54, 1.807) is 0 Å². The zero-order chi connectivity index (χ0) is 17.3. The van der Waals surface area contributed by atoms with Crippen LogP contribution in [0.5, 0.6) is 0 Å². The van der Waals surface area contributed by atoms with E-state index in [0.29, 0.717) is 0 Å². The Bertz CT molecular complexity index is 880. The van der Waals surface area contributed by atoms with Crippen molar-refractivity contribution >= 4 is 16.9 Å². The Kier molecular flexibility index (Phi) is 4.51. The molecule has 7 heteroatoms. The van der Waals surface area contributed by atoms with Gasteiger partial charge in [-0.2, -0.15) is 0 Å². The standard InChI is InChI=1S/C17H19FN2O4/c18-11-6-7-13-12(9-11)15(21)20(17(24)19-13)14(16(22)23)8-10-4-2-1-3-5-10/h6-7,9-10,14H,1-5,8H2,(H,19,24)(H,22,23). The van der Waals surface area contributed by atoms with E-state index in [1.807, 2.05) is 0 Å². The van der Waals surface area contributed by atoms with Gasteiger partial charge in [-0.05, 0) is 30.5 Å². The number of aliphatic carboxylic acids is 1. The van der Waals surface area contributed by atoms with Gasteiger partial charge in [-0.25, -0.2) is 18.5 Å². The van der Waals surface area contributed by atoms with Crippen molar-refractivity contribution in [3.8, 4) is 0 Å². The number of nitrogens with one attached hydrogen (secondary N) is 1.